The maximum atomic E-state index is 10.6. The van der Waals surface area contributed by atoms with Crippen LogP contribution < -0.4 is 4.74 Å². The predicted octanol–water partition coefficient (Wildman–Crippen LogP) is 2.98. The first kappa shape index (κ1) is 21.5. The first-order chi connectivity index (χ1) is 13.8. The fourth-order valence-corrected chi connectivity index (χ4v) is 4.01. The van der Waals surface area contributed by atoms with Crippen LogP contribution in [0.15, 0.2) is 36.0 Å². The molecule has 0 radical (unpaired) electrons. The lowest BCUT2D eigenvalue weighted by Crippen LogP contribution is -2.42. The van der Waals surface area contributed by atoms with Gasteiger partial charge in [-0.1, -0.05) is 6.07 Å². The Morgan fingerprint density at radius 3 is 2.76 bits per heavy atom. The minimum Gasteiger partial charge on any atom is -0.475 e. The van der Waals surface area contributed by atoms with Gasteiger partial charge in [0.15, 0.2) is 0 Å². The number of aliphatic carboxylic acids is 1. The van der Waals surface area contributed by atoms with E-state index in [4.69, 9.17) is 19.4 Å². The smallest absolute Gasteiger partial charge is 0.475 e. The van der Waals surface area contributed by atoms with Crippen molar-refractivity contribution in [3.05, 3.63) is 41.0 Å². The number of hydrogen-bond donors (Lipinski definition) is 1. The summed E-state index contributed by atoms with van der Waals surface area (Å²) in [6.45, 7) is 2.57. The second kappa shape index (κ2) is 9.51. The summed E-state index contributed by atoms with van der Waals surface area (Å²) in [5, 5.41) is 10.3. The zero-order chi connectivity index (χ0) is 20.9. The van der Waals surface area contributed by atoms with Gasteiger partial charge >= 0.3 is 12.1 Å². The van der Waals surface area contributed by atoms with E-state index in [2.05, 4.69) is 14.9 Å². The zero-order valence-electron chi connectivity index (χ0n) is 15.3. The summed E-state index contributed by atoms with van der Waals surface area (Å²) in [6.07, 6.45) is 1.00. The Labute approximate surface area is 169 Å². The van der Waals surface area contributed by atoms with Crippen molar-refractivity contribution in [2.75, 3.05) is 13.2 Å². The van der Waals surface area contributed by atoms with Crippen molar-refractivity contribution in [1.82, 2.24) is 14.9 Å². The lowest BCUT2D eigenvalue weighted by atomic mass is 10.0. The number of ether oxygens (including phenoxy) is 2. The number of carbonyl (C=O) groups is 1. The maximum absolute atomic E-state index is 10.6. The standard InChI is InChI=1S/C16H19N3O2S.C2HF3O2/c1-2-6-17-14(5-1)21-13-10-19(11-15-18-7-9-22-15)12-4-3-8-20-16(12)13;3-2(4,5)1(6)7/h1-2,5-7,9,12-13,16H,3-4,8,10-11H2;(H,6,7)/t12-,13+,16+;/m1./s1. The van der Waals surface area contributed by atoms with Crippen molar-refractivity contribution in [2.24, 2.45) is 0 Å². The summed E-state index contributed by atoms with van der Waals surface area (Å²) in [5.41, 5.74) is 0. The molecule has 4 rings (SSSR count). The van der Waals surface area contributed by atoms with Crippen molar-refractivity contribution in [3.8, 4) is 5.88 Å². The number of fused-ring (bicyclic) bond motifs is 1. The quantitative estimate of drug-likeness (QED) is 0.797. The van der Waals surface area contributed by atoms with Crippen LogP contribution in [0.25, 0.3) is 0 Å². The Balaban J connectivity index is 0.000000298. The van der Waals surface area contributed by atoms with E-state index in [0.29, 0.717) is 11.9 Å². The van der Waals surface area contributed by atoms with Crippen LogP contribution in [0, 0.1) is 0 Å². The fourth-order valence-electron chi connectivity index (χ4n) is 3.37. The summed E-state index contributed by atoms with van der Waals surface area (Å²) < 4.78 is 43.9. The SMILES string of the molecule is O=C(O)C(F)(F)F.c1ccc(O[C@H]2CN(Cc3nccs3)[C@@H]3CCCO[C@H]23)nc1. The Morgan fingerprint density at radius 2 is 2.14 bits per heavy atom. The highest BCUT2D eigenvalue weighted by Gasteiger charge is 2.45. The molecule has 4 heterocycles. The molecule has 2 aliphatic heterocycles. The van der Waals surface area contributed by atoms with E-state index in [0.717, 1.165) is 37.5 Å². The predicted molar refractivity (Wildman–Crippen MR) is 97.6 cm³/mol. The third-order valence-electron chi connectivity index (χ3n) is 4.56. The van der Waals surface area contributed by atoms with Gasteiger partial charge in [0.2, 0.25) is 5.88 Å². The molecule has 2 aliphatic rings. The van der Waals surface area contributed by atoms with Crippen LogP contribution in [0.3, 0.4) is 0 Å². The van der Waals surface area contributed by atoms with Gasteiger partial charge in [-0.05, 0) is 18.9 Å². The van der Waals surface area contributed by atoms with Gasteiger partial charge in [-0.3, -0.25) is 4.90 Å². The van der Waals surface area contributed by atoms with Gasteiger partial charge in [-0.2, -0.15) is 13.2 Å². The molecule has 0 saturated carbocycles. The lowest BCUT2D eigenvalue weighted by molar-refractivity contribution is -0.192. The second-order valence-electron chi connectivity index (χ2n) is 6.53. The number of pyridine rings is 1. The number of carboxylic acids is 1. The molecule has 0 spiro atoms. The minimum absolute atomic E-state index is 0.0418. The lowest BCUT2D eigenvalue weighted by Gasteiger charge is -2.31. The van der Waals surface area contributed by atoms with Crippen LogP contribution in [-0.4, -0.2) is 63.5 Å². The van der Waals surface area contributed by atoms with E-state index in [1.54, 1.807) is 17.5 Å². The Bertz CT molecular complexity index is 776. The van der Waals surface area contributed by atoms with E-state index < -0.39 is 12.1 Å². The molecule has 158 valence electrons. The number of aromatic nitrogens is 2. The van der Waals surface area contributed by atoms with Crippen LogP contribution in [0.1, 0.15) is 17.8 Å². The van der Waals surface area contributed by atoms with Gasteiger partial charge in [0.1, 0.15) is 17.2 Å². The molecule has 3 atom stereocenters. The Kier molecular flexibility index (Phi) is 7.04. The zero-order valence-corrected chi connectivity index (χ0v) is 16.1. The minimum atomic E-state index is -5.08. The summed E-state index contributed by atoms with van der Waals surface area (Å²) in [6, 6.07) is 6.17. The van der Waals surface area contributed by atoms with E-state index in [-0.39, 0.29) is 12.2 Å². The first-order valence-corrected chi connectivity index (χ1v) is 9.84. The third-order valence-corrected chi connectivity index (χ3v) is 5.32. The highest BCUT2D eigenvalue weighted by molar-refractivity contribution is 7.09. The third kappa shape index (κ3) is 5.87. The molecule has 0 aromatic carbocycles. The second-order valence-corrected chi connectivity index (χ2v) is 7.51. The van der Waals surface area contributed by atoms with E-state index in [1.165, 1.54) is 0 Å². The van der Waals surface area contributed by atoms with Crippen molar-refractivity contribution < 1.29 is 32.5 Å². The first-order valence-electron chi connectivity index (χ1n) is 8.96. The molecule has 1 N–H and O–H groups in total. The normalized spacial score (nSPS) is 24.3. The van der Waals surface area contributed by atoms with Crippen LogP contribution in [-0.2, 0) is 16.1 Å². The molecule has 0 bridgehead atoms. The van der Waals surface area contributed by atoms with Crippen molar-refractivity contribution in [1.29, 1.82) is 0 Å². The average Bonchev–Trinajstić information content (AvgIpc) is 3.32. The van der Waals surface area contributed by atoms with Crippen LogP contribution in [0.2, 0.25) is 0 Å². The van der Waals surface area contributed by atoms with Gasteiger partial charge in [-0.25, -0.2) is 14.8 Å². The molecule has 0 aliphatic carbocycles. The monoisotopic (exact) mass is 431 g/mol. The number of carboxylic acid groups (broad SMARTS) is 1. The number of alkyl halides is 3. The Morgan fingerprint density at radius 1 is 1.34 bits per heavy atom. The summed E-state index contributed by atoms with van der Waals surface area (Å²) in [7, 11) is 0. The molecule has 2 saturated heterocycles. The van der Waals surface area contributed by atoms with Crippen molar-refractivity contribution in [3.63, 3.8) is 0 Å². The molecule has 29 heavy (non-hydrogen) atoms. The van der Waals surface area contributed by atoms with E-state index in [1.807, 2.05) is 29.8 Å². The van der Waals surface area contributed by atoms with E-state index in [9.17, 15) is 13.2 Å². The van der Waals surface area contributed by atoms with Crippen LogP contribution in [0.4, 0.5) is 13.2 Å². The molecule has 11 heteroatoms. The van der Waals surface area contributed by atoms with Gasteiger partial charge in [0.25, 0.3) is 0 Å². The maximum Gasteiger partial charge on any atom is 0.490 e. The molecule has 2 aromatic heterocycles. The van der Waals surface area contributed by atoms with Crippen LogP contribution >= 0.6 is 11.3 Å². The molecule has 0 amide bonds. The number of thiazole rings is 1. The van der Waals surface area contributed by atoms with Gasteiger partial charge in [0.05, 0.1) is 6.54 Å². The van der Waals surface area contributed by atoms with E-state index >= 15 is 0 Å². The van der Waals surface area contributed by atoms with Crippen molar-refractivity contribution in [2.45, 2.75) is 43.8 Å². The molecule has 2 aromatic rings. The molecule has 0 unspecified atom stereocenters. The van der Waals surface area contributed by atoms with Crippen molar-refractivity contribution >= 4 is 17.3 Å². The fraction of sp³-hybridized carbons (Fsp3) is 0.500. The molecule has 2 fully saturated rings. The number of nitrogens with zero attached hydrogens (tertiary/aromatic N) is 3. The Hall–Kier alpha value is -2.24. The molecular weight excluding hydrogens is 411 g/mol. The highest BCUT2D eigenvalue weighted by Crippen LogP contribution is 2.32. The van der Waals surface area contributed by atoms with Crippen LogP contribution in [0.5, 0.6) is 5.88 Å². The van der Waals surface area contributed by atoms with Gasteiger partial charge in [0, 0.05) is 43.0 Å². The number of likely N-dealkylation sites (tertiary alicyclic amines) is 1. The molecule has 7 nitrogen and oxygen atoms in total. The highest BCUT2D eigenvalue weighted by atomic mass is 32.1. The number of hydrogen-bond acceptors (Lipinski definition) is 7. The number of rotatable bonds is 4. The number of halogens is 3. The van der Waals surface area contributed by atoms with Gasteiger partial charge < -0.3 is 14.6 Å². The summed E-state index contributed by atoms with van der Waals surface area (Å²) >= 11 is 1.71. The largest absolute Gasteiger partial charge is 0.490 e. The summed E-state index contributed by atoms with van der Waals surface area (Å²) in [5.74, 6) is -2.08. The van der Waals surface area contributed by atoms with Gasteiger partial charge in [-0.15, -0.1) is 11.3 Å². The summed E-state index contributed by atoms with van der Waals surface area (Å²) in [4.78, 5) is 20.0. The average molecular weight is 431 g/mol. The topological polar surface area (TPSA) is 84.8 Å². The molecular formula is C18H20F3N3O4S.